The smallest absolute Gasteiger partial charge is 0.248 e. The van der Waals surface area contributed by atoms with Gasteiger partial charge in [0.05, 0.1) is 11.4 Å². The van der Waals surface area contributed by atoms with Crippen molar-refractivity contribution in [2.45, 2.75) is 25.3 Å². The molecule has 0 fully saturated rings. The predicted molar refractivity (Wildman–Crippen MR) is 80.7 cm³/mol. The highest BCUT2D eigenvalue weighted by molar-refractivity contribution is 7.89. The van der Waals surface area contributed by atoms with E-state index in [1.807, 2.05) is 6.92 Å². The Morgan fingerprint density at radius 2 is 2.13 bits per heavy atom. The molecular weight excluding hydrogens is 325 g/mol. The summed E-state index contributed by atoms with van der Waals surface area (Å²) in [6.07, 6.45) is 1.45. The number of halogens is 1. The van der Waals surface area contributed by atoms with Gasteiger partial charge in [0.2, 0.25) is 21.9 Å². The standard InChI is InChI=1S/C13H16FN5O3S/c1-3-19-8-15-13(18-19)17-12(20)7-16-23(21,22)10-4-5-11(14)9(2)6-10/h4-6,8,16H,3,7H2,1-2H3,(H,17,18,20). The van der Waals surface area contributed by atoms with Crippen molar-refractivity contribution in [3.05, 3.63) is 35.9 Å². The maximum Gasteiger partial charge on any atom is 0.248 e. The van der Waals surface area contributed by atoms with E-state index in [4.69, 9.17) is 0 Å². The molecule has 10 heteroatoms. The van der Waals surface area contributed by atoms with Crippen LogP contribution in [0, 0.1) is 12.7 Å². The molecule has 0 saturated carbocycles. The Morgan fingerprint density at radius 3 is 2.74 bits per heavy atom. The maximum atomic E-state index is 13.2. The number of hydrogen-bond donors (Lipinski definition) is 2. The summed E-state index contributed by atoms with van der Waals surface area (Å²) in [5, 5.41) is 6.32. The molecule has 0 aliphatic heterocycles. The van der Waals surface area contributed by atoms with E-state index in [0.29, 0.717) is 6.54 Å². The Bertz CT molecular complexity index is 819. The van der Waals surface area contributed by atoms with Crippen LogP contribution in [0.4, 0.5) is 10.3 Å². The minimum Gasteiger partial charge on any atom is -0.292 e. The fourth-order valence-electron chi connectivity index (χ4n) is 1.70. The van der Waals surface area contributed by atoms with Gasteiger partial charge in [0.1, 0.15) is 12.1 Å². The maximum absolute atomic E-state index is 13.2. The highest BCUT2D eigenvalue weighted by atomic mass is 32.2. The lowest BCUT2D eigenvalue weighted by atomic mass is 10.2. The number of anilines is 1. The summed E-state index contributed by atoms with van der Waals surface area (Å²) in [6.45, 7) is 3.43. The van der Waals surface area contributed by atoms with E-state index in [-0.39, 0.29) is 16.4 Å². The van der Waals surface area contributed by atoms with Crippen LogP contribution < -0.4 is 10.0 Å². The van der Waals surface area contributed by atoms with Crippen LogP contribution >= 0.6 is 0 Å². The monoisotopic (exact) mass is 341 g/mol. The number of benzene rings is 1. The van der Waals surface area contributed by atoms with Crippen molar-refractivity contribution in [3.63, 3.8) is 0 Å². The Kier molecular flexibility index (Phi) is 5.06. The van der Waals surface area contributed by atoms with E-state index < -0.39 is 28.3 Å². The van der Waals surface area contributed by atoms with E-state index in [9.17, 15) is 17.6 Å². The second-order valence-electron chi connectivity index (χ2n) is 4.71. The Hall–Kier alpha value is -2.33. The summed E-state index contributed by atoms with van der Waals surface area (Å²) < 4.78 is 40.9. The first-order valence-corrected chi connectivity index (χ1v) is 8.25. The molecule has 0 aliphatic carbocycles. The molecule has 1 heterocycles. The third kappa shape index (κ3) is 4.33. The van der Waals surface area contributed by atoms with Crippen molar-refractivity contribution < 1.29 is 17.6 Å². The molecule has 1 aromatic carbocycles. The third-order valence-corrected chi connectivity index (χ3v) is 4.37. The highest BCUT2D eigenvalue weighted by Gasteiger charge is 2.17. The minimum absolute atomic E-state index is 0.0914. The van der Waals surface area contributed by atoms with Gasteiger partial charge in [-0.05, 0) is 37.6 Å². The van der Waals surface area contributed by atoms with Crippen molar-refractivity contribution in [3.8, 4) is 0 Å². The van der Waals surface area contributed by atoms with Gasteiger partial charge in [-0.3, -0.25) is 14.8 Å². The zero-order chi connectivity index (χ0) is 17.0. The van der Waals surface area contributed by atoms with Gasteiger partial charge < -0.3 is 0 Å². The molecule has 0 radical (unpaired) electrons. The van der Waals surface area contributed by atoms with Crippen molar-refractivity contribution >= 4 is 21.9 Å². The molecule has 23 heavy (non-hydrogen) atoms. The first kappa shape index (κ1) is 17.0. The van der Waals surface area contributed by atoms with Gasteiger partial charge in [0, 0.05) is 6.54 Å². The second kappa shape index (κ2) is 6.84. The molecule has 1 amide bonds. The molecule has 2 N–H and O–H groups in total. The number of nitrogens with zero attached hydrogens (tertiary/aromatic N) is 3. The number of nitrogens with one attached hydrogen (secondary N) is 2. The van der Waals surface area contributed by atoms with Gasteiger partial charge in [0.15, 0.2) is 0 Å². The number of rotatable bonds is 6. The van der Waals surface area contributed by atoms with Gasteiger partial charge in [0.25, 0.3) is 0 Å². The van der Waals surface area contributed by atoms with Gasteiger partial charge >= 0.3 is 0 Å². The molecule has 0 unspecified atom stereocenters. The van der Waals surface area contributed by atoms with Crippen LogP contribution in [0.2, 0.25) is 0 Å². The predicted octanol–water partition coefficient (Wildman–Crippen LogP) is 0.663. The van der Waals surface area contributed by atoms with Gasteiger partial charge in [-0.25, -0.2) is 22.5 Å². The van der Waals surface area contributed by atoms with Gasteiger partial charge in [-0.15, -0.1) is 5.10 Å². The molecule has 2 aromatic rings. The van der Waals surface area contributed by atoms with Crippen LogP contribution in [0.3, 0.4) is 0 Å². The van der Waals surface area contributed by atoms with Gasteiger partial charge in [-0.1, -0.05) is 0 Å². The molecular formula is C13H16FN5O3S. The van der Waals surface area contributed by atoms with Crippen LogP contribution in [0.15, 0.2) is 29.4 Å². The minimum atomic E-state index is -3.91. The van der Waals surface area contributed by atoms with Crippen LogP contribution in [0.25, 0.3) is 0 Å². The van der Waals surface area contributed by atoms with E-state index in [1.54, 1.807) is 0 Å². The normalized spacial score (nSPS) is 11.4. The van der Waals surface area contributed by atoms with E-state index in [2.05, 4.69) is 20.1 Å². The number of sulfonamides is 1. The van der Waals surface area contributed by atoms with Gasteiger partial charge in [-0.2, -0.15) is 0 Å². The summed E-state index contributed by atoms with van der Waals surface area (Å²) in [6, 6.07) is 3.39. The van der Waals surface area contributed by atoms with Crippen molar-refractivity contribution in [1.29, 1.82) is 0 Å². The summed E-state index contributed by atoms with van der Waals surface area (Å²) in [7, 11) is -3.91. The molecule has 0 aliphatic rings. The number of aromatic nitrogens is 3. The fraction of sp³-hybridized carbons (Fsp3) is 0.308. The first-order chi connectivity index (χ1) is 10.8. The molecule has 0 bridgehead atoms. The summed E-state index contributed by atoms with van der Waals surface area (Å²) in [4.78, 5) is 15.5. The quantitative estimate of drug-likeness (QED) is 0.803. The lowest BCUT2D eigenvalue weighted by Gasteiger charge is -2.07. The number of carbonyl (C=O) groups is 1. The molecule has 124 valence electrons. The average Bonchev–Trinajstić information content (AvgIpc) is 2.95. The van der Waals surface area contributed by atoms with E-state index >= 15 is 0 Å². The number of aryl methyl sites for hydroxylation is 2. The highest BCUT2D eigenvalue weighted by Crippen LogP contribution is 2.13. The van der Waals surface area contributed by atoms with Crippen LogP contribution in [0.1, 0.15) is 12.5 Å². The molecule has 0 spiro atoms. The zero-order valence-corrected chi connectivity index (χ0v) is 13.4. The number of amides is 1. The van der Waals surface area contributed by atoms with Crippen LogP contribution in [-0.2, 0) is 21.4 Å². The van der Waals surface area contributed by atoms with Crippen molar-refractivity contribution in [2.75, 3.05) is 11.9 Å². The lowest BCUT2D eigenvalue weighted by molar-refractivity contribution is -0.115. The van der Waals surface area contributed by atoms with Crippen LogP contribution in [-0.4, -0.2) is 35.6 Å². The lowest BCUT2D eigenvalue weighted by Crippen LogP contribution is -2.33. The van der Waals surface area contributed by atoms with Crippen molar-refractivity contribution in [1.82, 2.24) is 19.5 Å². The molecule has 0 atom stereocenters. The molecule has 0 saturated heterocycles. The number of carbonyl (C=O) groups excluding carboxylic acids is 1. The summed E-state index contributed by atoms with van der Waals surface area (Å²) in [5.74, 6) is -1.02. The topological polar surface area (TPSA) is 106 Å². The summed E-state index contributed by atoms with van der Waals surface area (Å²) in [5.41, 5.74) is 0.201. The van der Waals surface area contributed by atoms with E-state index in [1.165, 1.54) is 24.0 Å². The Morgan fingerprint density at radius 1 is 1.39 bits per heavy atom. The SMILES string of the molecule is CCn1cnc(NC(=O)CNS(=O)(=O)c2ccc(F)c(C)c2)n1. The Balaban J connectivity index is 1.98. The first-order valence-electron chi connectivity index (χ1n) is 6.77. The third-order valence-electron chi connectivity index (χ3n) is 2.97. The number of hydrogen-bond acceptors (Lipinski definition) is 5. The largest absolute Gasteiger partial charge is 0.292 e. The second-order valence-corrected chi connectivity index (χ2v) is 6.47. The molecule has 1 aromatic heterocycles. The zero-order valence-electron chi connectivity index (χ0n) is 12.6. The van der Waals surface area contributed by atoms with Crippen molar-refractivity contribution in [2.24, 2.45) is 0 Å². The fourth-order valence-corrected chi connectivity index (χ4v) is 2.77. The Labute approximate surface area is 132 Å². The molecule has 8 nitrogen and oxygen atoms in total. The average molecular weight is 341 g/mol. The summed E-state index contributed by atoms with van der Waals surface area (Å²) >= 11 is 0. The van der Waals surface area contributed by atoms with E-state index in [0.717, 1.165) is 12.1 Å². The molecule has 2 rings (SSSR count). The van der Waals surface area contributed by atoms with Crippen LogP contribution in [0.5, 0.6) is 0 Å².